The predicted octanol–water partition coefficient (Wildman–Crippen LogP) is 2.78. The summed E-state index contributed by atoms with van der Waals surface area (Å²) in [6, 6.07) is 11.4. The van der Waals surface area contributed by atoms with Gasteiger partial charge in [-0.15, -0.1) is 0 Å². The maximum Gasteiger partial charge on any atom is 0.164 e. The first-order valence-electron chi connectivity index (χ1n) is 4.51. The van der Waals surface area contributed by atoms with Crippen molar-refractivity contribution in [2.24, 2.45) is 0 Å². The van der Waals surface area contributed by atoms with E-state index in [0.29, 0.717) is 5.69 Å². The van der Waals surface area contributed by atoms with Crippen LogP contribution in [0.2, 0.25) is 0 Å². The fourth-order valence-electron chi connectivity index (χ4n) is 1.37. The number of halogens is 1. The van der Waals surface area contributed by atoms with Gasteiger partial charge < -0.3 is 10.8 Å². The maximum absolute atomic E-state index is 12.8. The summed E-state index contributed by atoms with van der Waals surface area (Å²) in [5.74, 6) is -0.960. The van der Waals surface area contributed by atoms with Crippen molar-refractivity contribution in [2.45, 2.75) is 0 Å². The predicted molar refractivity (Wildman–Crippen MR) is 57.9 cm³/mol. The van der Waals surface area contributed by atoms with Gasteiger partial charge in [-0.1, -0.05) is 18.2 Å². The molecule has 0 heterocycles. The summed E-state index contributed by atoms with van der Waals surface area (Å²) in [4.78, 5) is 0. The van der Waals surface area contributed by atoms with Gasteiger partial charge in [0.05, 0.1) is 0 Å². The van der Waals surface area contributed by atoms with Crippen molar-refractivity contribution >= 4 is 5.69 Å². The van der Waals surface area contributed by atoms with E-state index in [1.54, 1.807) is 18.2 Å². The lowest BCUT2D eigenvalue weighted by Crippen LogP contribution is -1.84. The van der Waals surface area contributed by atoms with Gasteiger partial charge in [0.15, 0.2) is 11.6 Å². The number of rotatable bonds is 1. The highest BCUT2D eigenvalue weighted by Gasteiger charge is 2.02. The quantitative estimate of drug-likeness (QED) is 0.700. The molecule has 0 aromatic heterocycles. The van der Waals surface area contributed by atoms with Crippen LogP contribution in [0.4, 0.5) is 10.1 Å². The molecule has 0 aliphatic rings. The third-order valence-electron chi connectivity index (χ3n) is 2.19. The SMILES string of the molecule is Nc1ccc(-c2ccc(F)c(O)c2)cc1. The minimum absolute atomic E-state index is 0.343. The Hall–Kier alpha value is -2.03. The van der Waals surface area contributed by atoms with Crippen LogP contribution in [0.1, 0.15) is 0 Å². The van der Waals surface area contributed by atoms with E-state index in [0.717, 1.165) is 11.1 Å². The number of hydrogen-bond donors (Lipinski definition) is 2. The monoisotopic (exact) mass is 203 g/mol. The van der Waals surface area contributed by atoms with Crippen molar-refractivity contribution in [1.29, 1.82) is 0 Å². The molecule has 0 fully saturated rings. The van der Waals surface area contributed by atoms with Crippen molar-refractivity contribution in [2.75, 3.05) is 5.73 Å². The lowest BCUT2D eigenvalue weighted by atomic mass is 10.1. The lowest BCUT2D eigenvalue weighted by Gasteiger charge is -2.03. The highest BCUT2D eigenvalue weighted by atomic mass is 19.1. The van der Waals surface area contributed by atoms with Crippen LogP contribution in [-0.4, -0.2) is 5.11 Å². The summed E-state index contributed by atoms with van der Waals surface area (Å²) in [6.45, 7) is 0. The molecule has 0 aliphatic heterocycles. The van der Waals surface area contributed by atoms with E-state index in [2.05, 4.69) is 0 Å². The summed E-state index contributed by atoms with van der Waals surface area (Å²) in [5.41, 5.74) is 7.87. The smallest absolute Gasteiger partial charge is 0.164 e. The zero-order valence-electron chi connectivity index (χ0n) is 7.94. The van der Waals surface area contributed by atoms with E-state index in [4.69, 9.17) is 5.73 Å². The second-order valence-corrected chi connectivity index (χ2v) is 3.29. The molecule has 3 N–H and O–H groups in total. The third-order valence-corrected chi connectivity index (χ3v) is 2.19. The number of aromatic hydroxyl groups is 1. The molecule has 76 valence electrons. The van der Waals surface area contributed by atoms with E-state index in [1.165, 1.54) is 12.1 Å². The van der Waals surface area contributed by atoms with Gasteiger partial charge in [-0.25, -0.2) is 4.39 Å². The second kappa shape index (κ2) is 3.61. The number of nitrogen functional groups attached to an aromatic ring is 1. The number of nitrogens with two attached hydrogens (primary N) is 1. The van der Waals surface area contributed by atoms with E-state index in [1.807, 2.05) is 12.1 Å². The first kappa shape index (κ1) is 9.52. The number of phenols is 1. The molecular formula is C12H10FNO. The van der Waals surface area contributed by atoms with Crippen molar-refractivity contribution in [3.8, 4) is 16.9 Å². The number of phenolic OH excluding ortho intramolecular Hbond substituents is 1. The molecule has 0 amide bonds. The van der Waals surface area contributed by atoms with Crippen molar-refractivity contribution < 1.29 is 9.50 Å². The zero-order valence-corrected chi connectivity index (χ0v) is 7.94. The zero-order chi connectivity index (χ0) is 10.8. The fraction of sp³-hybridized carbons (Fsp3) is 0. The first-order valence-corrected chi connectivity index (χ1v) is 4.51. The Balaban J connectivity index is 2.45. The normalized spacial score (nSPS) is 10.2. The molecule has 3 heteroatoms. The largest absolute Gasteiger partial charge is 0.505 e. The summed E-state index contributed by atoms with van der Waals surface area (Å²) >= 11 is 0. The van der Waals surface area contributed by atoms with Gasteiger partial charge in [-0.05, 0) is 35.4 Å². The van der Waals surface area contributed by atoms with Gasteiger partial charge in [-0.2, -0.15) is 0 Å². The van der Waals surface area contributed by atoms with Crippen molar-refractivity contribution in [3.05, 3.63) is 48.3 Å². The molecule has 2 aromatic carbocycles. The van der Waals surface area contributed by atoms with Gasteiger partial charge in [0.25, 0.3) is 0 Å². The molecule has 15 heavy (non-hydrogen) atoms. The number of hydrogen-bond acceptors (Lipinski definition) is 2. The van der Waals surface area contributed by atoms with Crippen LogP contribution < -0.4 is 5.73 Å². The molecule has 0 saturated heterocycles. The van der Waals surface area contributed by atoms with Gasteiger partial charge in [0, 0.05) is 5.69 Å². The molecule has 2 rings (SSSR count). The molecule has 0 spiro atoms. The average Bonchev–Trinajstić information content (AvgIpc) is 2.23. The Morgan fingerprint density at radius 2 is 1.53 bits per heavy atom. The van der Waals surface area contributed by atoms with Gasteiger partial charge in [0.2, 0.25) is 0 Å². The molecule has 0 bridgehead atoms. The Bertz CT molecular complexity index is 479. The molecule has 0 atom stereocenters. The molecule has 0 aliphatic carbocycles. The van der Waals surface area contributed by atoms with Crippen LogP contribution in [-0.2, 0) is 0 Å². The molecule has 2 aromatic rings. The molecule has 0 saturated carbocycles. The highest BCUT2D eigenvalue weighted by Crippen LogP contribution is 2.25. The maximum atomic E-state index is 12.8. The first-order chi connectivity index (χ1) is 7.16. The van der Waals surface area contributed by atoms with Crippen LogP contribution in [0, 0.1) is 5.82 Å². The summed E-state index contributed by atoms with van der Waals surface area (Å²) in [7, 11) is 0. The molecule has 0 radical (unpaired) electrons. The summed E-state index contributed by atoms with van der Waals surface area (Å²) in [6.07, 6.45) is 0. The Morgan fingerprint density at radius 1 is 0.933 bits per heavy atom. The summed E-state index contributed by atoms with van der Waals surface area (Å²) in [5, 5.41) is 9.22. The Labute approximate surface area is 86.8 Å². The van der Waals surface area contributed by atoms with Crippen LogP contribution in [0.3, 0.4) is 0 Å². The fourth-order valence-corrected chi connectivity index (χ4v) is 1.37. The van der Waals surface area contributed by atoms with E-state index < -0.39 is 5.82 Å². The van der Waals surface area contributed by atoms with E-state index >= 15 is 0 Å². The van der Waals surface area contributed by atoms with Crippen LogP contribution in [0.15, 0.2) is 42.5 Å². The lowest BCUT2D eigenvalue weighted by molar-refractivity contribution is 0.433. The van der Waals surface area contributed by atoms with Crippen LogP contribution in [0.25, 0.3) is 11.1 Å². The van der Waals surface area contributed by atoms with Gasteiger partial charge in [-0.3, -0.25) is 0 Å². The topological polar surface area (TPSA) is 46.2 Å². The minimum Gasteiger partial charge on any atom is -0.505 e. The highest BCUT2D eigenvalue weighted by molar-refractivity contribution is 5.66. The van der Waals surface area contributed by atoms with E-state index in [9.17, 15) is 9.50 Å². The van der Waals surface area contributed by atoms with Crippen LogP contribution >= 0.6 is 0 Å². The molecule has 2 nitrogen and oxygen atoms in total. The summed E-state index contributed by atoms with van der Waals surface area (Å²) < 4.78 is 12.8. The number of anilines is 1. The van der Waals surface area contributed by atoms with Crippen LogP contribution in [0.5, 0.6) is 5.75 Å². The standard InChI is InChI=1S/C12H10FNO/c13-11-6-3-9(7-12(11)15)8-1-4-10(14)5-2-8/h1-7,15H,14H2. The Kier molecular flexibility index (Phi) is 2.29. The van der Waals surface area contributed by atoms with E-state index in [-0.39, 0.29) is 5.75 Å². The average molecular weight is 203 g/mol. The Morgan fingerprint density at radius 3 is 2.13 bits per heavy atom. The molecule has 0 unspecified atom stereocenters. The second-order valence-electron chi connectivity index (χ2n) is 3.29. The van der Waals surface area contributed by atoms with Gasteiger partial charge in [0.1, 0.15) is 0 Å². The molecular weight excluding hydrogens is 193 g/mol. The minimum atomic E-state index is -0.616. The third kappa shape index (κ3) is 1.91. The van der Waals surface area contributed by atoms with Gasteiger partial charge >= 0.3 is 0 Å². The number of benzene rings is 2. The van der Waals surface area contributed by atoms with Crippen molar-refractivity contribution in [3.63, 3.8) is 0 Å². The van der Waals surface area contributed by atoms with Crippen molar-refractivity contribution in [1.82, 2.24) is 0 Å².